The lowest BCUT2D eigenvalue weighted by Crippen LogP contribution is -2.38. The summed E-state index contributed by atoms with van der Waals surface area (Å²) >= 11 is 1.38. The third-order valence-corrected chi connectivity index (χ3v) is 4.26. The van der Waals surface area contributed by atoms with Crippen molar-refractivity contribution in [3.63, 3.8) is 0 Å². The Labute approximate surface area is 138 Å². The second-order valence-corrected chi connectivity index (χ2v) is 6.06. The lowest BCUT2D eigenvalue weighted by molar-refractivity contribution is -0.121. The topological polar surface area (TPSA) is 71.5 Å². The average Bonchev–Trinajstić information content (AvgIpc) is 3.04. The number of para-hydroxylation sites is 2. The highest BCUT2D eigenvalue weighted by atomic mass is 32.1. The number of hydrogen-bond donors (Lipinski definition) is 1. The SMILES string of the molecule is CCCNC(=O)c1csc(CN2C(=O)COc3ccccc32)n1. The first-order valence-corrected chi connectivity index (χ1v) is 8.31. The fourth-order valence-electron chi connectivity index (χ4n) is 2.28. The van der Waals surface area contributed by atoms with Crippen molar-refractivity contribution in [1.82, 2.24) is 10.3 Å². The molecule has 0 aliphatic carbocycles. The molecule has 6 nitrogen and oxygen atoms in total. The fourth-order valence-corrected chi connectivity index (χ4v) is 3.04. The first kappa shape index (κ1) is 15.5. The van der Waals surface area contributed by atoms with Crippen molar-refractivity contribution in [2.24, 2.45) is 0 Å². The minimum Gasteiger partial charge on any atom is -0.482 e. The van der Waals surface area contributed by atoms with Gasteiger partial charge in [-0.15, -0.1) is 11.3 Å². The van der Waals surface area contributed by atoms with Gasteiger partial charge in [-0.25, -0.2) is 4.98 Å². The Hall–Kier alpha value is -2.41. The Bertz CT molecular complexity index is 729. The second kappa shape index (κ2) is 6.78. The van der Waals surface area contributed by atoms with Gasteiger partial charge in [0.05, 0.1) is 12.2 Å². The van der Waals surface area contributed by atoms with Crippen LogP contribution < -0.4 is 15.0 Å². The van der Waals surface area contributed by atoms with Crippen molar-refractivity contribution in [2.45, 2.75) is 19.9 Å². The lowest BCUT2D eigenvalue weighted by atomic mass is 10.2. The molecule has 0 unspecified atom stereocenters. The highest BCUT2D eigenvalue weighted by Crippen LogP contribution is 2.32. The summed E-state index contributed by atoms with van der Waals surface area (Å²) in [5, 5.41) is 5.23. The Balaban J connectivity index is 1.76. The molecule has 0 fully saturated rings. The number of rotatable bonds is 5. The van der Waals surface area contributed by atoms with Gasteiger partial charge in [-0.2, -0.15) is 0 Å². The molecule has 2 aromatic rings. The van der Waals surface area contributed by atoms with Crippen LogP contribution in [-0.4, -0.2) is 29.9 Å². The molecule has 1 aliphatic rings. The molecule has 0 radical (unpaired) electrons. The summed E-state index contributed by atoms with van der Waals surface area (Å²) in [6.45, 7) is 2.98. The fraction of sp³-hybridized carbons (Fsp3) is 0.312. The van der Waals surface area contributed by atoms with Gasteiger partial charge in [-0.1, -0.05) is 19.1 Å². The van der Waals surface area contributed by atoms with Crippen LogP contribution in [0.5, 0.6) is 5.75 Å². The zero-order valence-corrected chi connectivity index (χ0v) is 13.6. The number of amides is 2. The number of aromatic nitrogens is 1. The molecule has 0 bridgehead atoms. The van der Waals surface area contributed by atoms with E-state index < -0.39 is 0 Å². The van der Waals surface area contributed by atoms with Crippen LogP contribution in [0.4, 0.5) is 5.69 Å². The maximum absolute atomic E-state index is 12.1. The predicted octanol–water partition coefficient (Wildman–Crippen LogP) is 2.21. The van der Waals surface area contributed by atoms with Crippen LogP contribution in [0.1, 0.15) is 28.8 Å². The average molecular weight is 331 g/mol. The third-order valence-electron chi connectivity index (χ3n) is 3.42. The molecule has 120 valence electrons. The highest BCUT2D eigenvalue weighted by molar-refractivity contribution is 7.09. The molecule has 1 aliphatic heterocycles. The summed E-state index contributed by atoms with van der Waals surface area (Å²) in [6.07, 6.45) is 0.877. The molecule has 1 aromatic carbocycles. The van der Waals surface area contributed by atoms with Gasteiger partial charge < -0.3 is 10.1 Å². The van der Waals surface area contributed by atoms with Crippen molar-refractivity contribution in [1.29, 1.82) is 0 Å². The van der Waals surface area contributed by atoms with Gasteiger partial charge in [0.15, 0.2) is 6.61 Å². The van der Waals surface area contributed by atoms with E-state index in [2.05, 4.69) is 10.3 Å². The summed E-state index contributed by atoms with van der Waals surface area (Å²) < 4.78 is 5.42. The molecule has 2 heterocycles. The third kappa shape index (κ3) is 3.34. The smallest absolute Gasteiger partial charge is 0.270 e. The second-order valence-electron chi connectivity index (χ2n) is 5.12. The number of nitrogens with one attached hydrogen (secondary N) is 1. The maximum atomic E-state index is 12.1. The van der Waals surface area contributed by atoms with Gasteiger partial charge in [-0.05, 0) is 18.6 Å². The molecule has 0 saturated carbocycles. The highest BCUT2D eigenvalue weighted by Gasteiger charge is 2.26. The zero-order valence-electron chi connectivity index (χ0n) is 12.7. The van der Waals surface area contributed by atoms with Crippen LogP contribution in [0, 0.1) is 0 Å². The number of hydrogen-bond acceptors (Lipinski definition) is 5. The number of fused-ring (bicyclic) bond motifs is 1. The quantitative estimate of drug-likeness (QED) is 0.912. The Morgan fingerprint density at radius 2 is 2.26 bits per heavy atom. The van der Waals surface area contributed by atoms with Crippen LogP contribution in [-0.2, 0) is 11.3 Å². The maximum Gasteiger partial charge on any atom is 0.270 e. The minimum absolute atomic E-state index is 0.0201. The summed E-state index contributed by atoms with van der Waals surface area (Å²) in [5.41, 5.74) is 1.13. The van der Waals surface area contributed by atoms with Crippen molar-refractivity contribution in [3.8, 4) is 5.75 Å². The van der Waals surface area contributed by atoms with E-state index in [1.807, 2.05) is 31.2 Å². The molecule has 0 saturated heterocycles. The van der Waals surface area contributed by atoms with Gasteiger partial charge in [0.2, 0.25) is 0 Å². The zero-order chi connectivity index (χ0) is 16.2. The van der Waals surface area contributed by atoms with Crippen LogP contribution in [0.25, 0.3) is 0 Å². The van der Waals surface area contributed by atoms with E-state index in [9.17, 15) is 9.59 Å². The molecule has 2 amide bonds. The number of benzene rings is 1. The largest absolute Gasteiger partial charge is 0.482 e. The first-order valence-electron chi connectivity index (χ1n) is 7.44. The first-order chi connectivity index (χ1) is 11.2. The standard InChI is InChI=1S/C16H17N3O3S/c1-2-7-17-16(21)11-10-23-14(18-11)8-19-12-5-3-4-6-13(12)22-9-15(19)20/h3-6,10H,2,7-9H2,1H3,(H,17,21). The van der Waals surface area contributed by atoms with Crippen LogP contribution in [0.2, 0.25) is 0 Å². The Morgan fingerprint density at radius 3 is 3.09 bits per heavy atom. The lowest BCUT2D eigenvalue weighted by Gasteiger charge is -2.28. The minimum atomic E-state index is -0.178. The van der Waals surface area contributed by atoms with Crippen molar-refractivity contribution in [2.75, 3.05) is 18.1 Å². The van der Waals surface area contributed by atoms with Crippen LogP contribution in [0.15, 0.2) is 29.6 Å². The Morgan fingerprint density at radius 1 is 1.43 bits per heavy atom. The molecular formula is C16H17N3O3S. The van der Waals surface area contributed by atoms with Crippen molar-refractivity contribution >= 4 is 28.8 Å². The van der Waals surface area contributed by atoms with Crippen molar-refractivity contribution < 1.29 is 14.3 Å². The van der Waals surface area contributed by atoms with E-state index in [0.29, 0.717) is 24.5 Å². The van der Waals surface area contributed by atoms with E-state index in [4.69, 9.17) is 4.74 Å². The number of anilines is 1. The van der Waals surface area contributed by atoms with Gasteiger partial charge in [-0.3, -0.25) is 14.5 Å². The number of thiazole rings is 1. The van der Waals surface area contributed by atoms with E-state index >= 15 is 0 Å². The summed E-state index contributed by atoms with van der Waals surface area (Å²) in [7, 11) is 0. The molecule has 7 heteroatoms. The molecule has 1 N–H and O–H groups in total. The van der Waals surface area contributed by atoms with Gasteiger partial charge in [0.1, 0.15) is 16.5 Å². The van der Waals surface area contributed by atoms with Crippen LogP contribution >= 0.6 is 11.3 Å². The summed E-state index contributed by atoms with van der Waals surface area (Å²) in [4.78, 5) is 30.0. The monoisotopic (exact) mass is 331 g/mol. The van der Waals surface area contributed by atoms with E-state index in [1.165, 1.54) is 11.3 Å². The number of carbonyl (C=O) groups is 2. The number of ether oxygens (including phenoxy) is 1. The van der Waals surface area contributed by atoms with Gasteiger partial charge in [0, 0.05) is 11.9 Å². The van der Waals surface area contributed by atoms with Gasteiger partial charge >= 0.3 is 0 Å². The molecular weight excluding hydrogens is 314 g/mol. The predicted molar refractivity (Wildman–Crippen MR) is 87.9 cm³/mol. The molecule has 3 rings (SSSR count). The molecule has 0 atom stereocenters. The summed E-state index contributed by atoms with van der Waals surface area (Å²) in [5.74, 6) is 0.392. The number of carbonyl (C=O) groups excluding carboxylic acids is 2. The molecule has 1 aromatic heterocycles. The van der Waals surface area contributed by atoms with E-state index in [1.54, 1.807) is 10.3 Å². The van der Waals surface area contributed by atoms with E-state index in [-0.39, 0.29) is 18.4 Å². The normalized spacial score (nSPS) is 13.4. The van der Waals surface area contributed by atoms with Crippen molar-refractivity contribution in [3.05, 3.63) is 40.3 Å². The number of nitrogens with zero attached hydrogens (tertiary/aromatic N) is 2. The Kier molecular flexibility index (Phi) is 4.57. The van der Waals surface area contributed by atoms with Crippen LogP contribution in [0.3, 0.4) is 0 Å². The van der Waals surface area contributed by atoms with E-state index in [0.717, 1.165) is 17.1 Å². The van der Waals surface area contributed by atoms with Gasteiger partial charge in [0.25, 0.3) is 11.8 Å². The summed E-state index contributed by atoms with van der Waals surface area (Å²) in [6, 6.07) is 7.40. The molecule has 0 spiro atoms. The molecule has 23 heavy (non-hydrogen) atoms.